The molecule has 2 atom stereocenters. The summed E-state index contributed by atoms with van der Waals surface area (Å²) in [6, 6.07) is 4.12. The lowest BCUT2D eigenvalue weighted by molar-refractivity contribution is 0.324. The van der Waals surface area contributed by atoms with Crippen molar-refractivity contribution in [3.8, 4) is 0 Å². The molecule has 19 heavy (non-hydrogen) atoms. The number of hydrogen-bond donors (Lipinski definition) is 0. The summed E-state index contributed by atoms with van der Waals surface area (Å²) in [6.45, 7) is 6.91. The summed E-state index contributed by atoms with van der Waals surface area (Å²) in [5, 5.41) is 0. The monoisotopic (exact) mass is 319 g/mol. The van der Waals surface area contributed by atoms with E-state index in [4.69, 9.17) is 0 Å². The van der Waals surface area contributed by atoms with Crippen LogP contribution in [0.5, 0.6) is 0 Å². The Labute approximate surface area is 122 Å². The van der Waals surface area contributed by atoms with Crippen molar-refractivity contribution in [3.05, 3.63) is 29.0 Å². The lowest BCUT2D eigenvalue weighted by Crippen LogP contribution is -2.38. The number of anilines is 1. The Morgan fingerprint density at radius 2 is 2.11 bits per heavy atom. The van der Waals surface area contributed by atoms with Gasteiger partial charge in [0.2, 0.25) is 0 Å². The molecule has 4 heteroatoms. The molecule has 0 amide bonds. The van der Waals surface area contributed by atoms with E-state index in [1.165, 1.54) is 12.1 Å². The van der Waals surface area contributed by atoms with Crippen LogP contribution in [0.25, 0.3) is 11.0 Å². The van der Waals surface area contributed by atoms with Gasteiger partial charge in [0.25, 0.3) is 0 Å². The third-order valence-electron chi connectivity index (χ3n) is 4.20. The summed E-state index contributed by atoms with van der Waals surface area (Å²) >= 11 is 3.45. The van der Waals surface area contributed by atoms with Gasteiger partial charge in [-0.25, -0.2) is 0 Å². The predicted octanol–water partition coefficient (Wildman–Crippen LogP) is 3.87. The van der Waals surface area contributed by atoms with Gasteiger partial charge in [-0.15, -0.1) is 0 Å². The quantitative estimate of drug-likeness (QED) is 0.798. The Bertz CT molecular complexity index is 599. The maximum Gasteiger partial charge on any atom is 0.112 e. The molecule has 3 nitrogen and oxygen atoms in total. The minimum atomic E-state index is 0.729. The number of rotatable bonds is 1. The van der Waals surface area contributed by atoms with Gasteiger partial charge in [0.1, 0.15) is 5.52 Å². The molecule has 2 aromatic heterocycles. The van der Waals surface area contributed by atoms with Gasteiger partial charge in [0.15, 0.2) is 0 Å². The molecule has 1 saturated heterocycles. The van der Waals surface area contributed by atoms with Gasteiger partial charge in [0.05, 0.1) is 11.2 Å². The summed E-state index contributed by atoms with van der Waals surface area (Å²) in [4.78, 5) is 11.4. The number of pyridine rings is 2. The van der Waals surface area contributed by atoms with Gasteiger partial charge < -0.3 is 4.90 Å². The van der Waals surface area contributed by atoms with Crippen molar-refractivity contribution in [1.82, 2.24) is 9.97 Å². The Morgan fingerprint density at radius 3 is 2.89 bits per heavy atom. The molecule has 2 aromatic rings. The summed E-state index contributed by atoms with van der Waals surface area (Å²) in [6.07, 6.45) is 4.99. The first-order valence-corrected chi connectivity index (χ1v) is 7.59. The summed E-state index contributed by atoms with van der Waals surface area (Å²) in [7, 11) is 0. The lowest BCUT2D eigenvalue weighted by atomic mass is 9.88. The van der Waals surface area contributed by atoms with Crippen molar-refractivity contribution >= 4 is 32.7 Å². The number of nitrogens with zero attached hydrogens (tertiary/aromatic N) is 3. The molecule has 2 unspecified atom stereocenters. The van der Waals surface area contributed by atoms with Crippen LogP contribution in [0.2, 0.25) is 0 Å². The van der Waals surface area contributed by atoms with Crippen LogP contribution in [-0.2, 0) is 0 Å². The fraction of sp³-hybridized carbons (Fsp3) is 0.467. The van der Waals surface area contributed by atoms with E-state index in [2.05, 4.69) is 50.7 Å². The summed E-state index contributed by atoms with van der Waals surface area (Å²) in [5.74, 6) is 1.54. The number of halogens is 1. The smallest absolute Gasteiger partial charge is 0.112 e. The normalized spacial score (nSPS) is 23.8. The van der Waals surface area contributed by atoms with Crippen LogP contribution < -0.4 is 4.90 Å². The molecular formula is C15H18BrN3. The second-order valence-electron chi connectivity index (χ2n) is 5.54. The molecule has 1 aliphatic heterocycles. The van der Waals surface area contributed by atoms with Crippen LogP contribution in [0.15, 0.2) is 29.0 Å². The predicted molar refractivity (Wildman–Crippen MR) is 82.4 cm³/mol. The molecule has 1 fully saturated rings. The Hall–Kier alpha value is -1.16. The number of fused-ring (bicyclic) bond motifs is 1. The maximum atomic E-state index is 4.55. The average Bonchev–Trinajstić information content (AvgIpc) is 2.41. The van der Waals surface area contributed by atoms with E-state index in [0.29, 0.717) is 0 Å². The zero-order chi connectivity index (χ0) is 13.4. The first kappa shape index (κ1) is 12.9. The topological polar surface area (TPSA) is 29.0 Å². The molecule has 3 rings (SSSR count). The zero-order valence-corrected chi connectivity index (χ0v) is 12.9. The van der Waals surface area contributed by atoms with Crippen LogP contribution in [0.3, 0.4) is 0 Å². The van der Waals surface area contributed by atoms with Gasteiger partial charge in [-0.3, -0.25) is 9.97 Å². The van der Waals surface area contributed by atoms with Gasteiger partial charge in [-0.1, -0.05) is 13.8 Å². The largest absolute Gasteiger partial charge is 0.369 e. The first-order valence-electron chi connectivity index (χ1n) is 6.80. The van der Waals surface area contributed by atoms with Crippen molar-refractivity contribution in [2.45, 2.75) is 20.3 Å². The van der Waals surface area contributed by atoms with Crippen molar-refractivity contribution in [1.29, 1.82) is 0 Å². The Balaban J connectivity index is 2.01. The summed E-state index contributed by atoms with van der Waals surface area (Å²) in [5.41, 5.74) is 3.18. The van der Waals surface area contributed by atoms with E-state index >= 15 is 0 Å². The molecule has 0 aromatic carbocycles. The second kappa shape index (κ2) is 5.08. The third kappa shape index (κ3) is 2.46. The van der Waals surface area contributed by atoms with Crippen LogP contribution >= 0.6 is 15.9 Å². The maximum absolute atomic E-state index is 4.55. The van der Waals surface area contributed by atoms with Gasteiger partial charge in [-0.05, 0) is 46.3 Å². The molecule has 3 heterocycles. The standard InChI is InChI=1S/C15H18BrN3/c1-10-4-6-19(9-11(10)2)14-3-5-17-13-7-12(16)8-18-15(13)14/h3,5,7-8,10-11H,4,6,9H2,1-2H3. The molecule has 0 aliphatic carbocycles. The molecule has 0 saturated carbocycles. The molecule has 1 aliphatic rings. The highest BCUT2D eigenvalue weighted by atomic mass is 79.9. The molecule has 0 radical (unpaired) electrons. The van der Waals surface area contributed by atoms with E-state index in [-0.39, 0.29) is 0 Å². The number of piperidine rings is 1. The van der Waals surface area contributed by atoms with E-state index in [9.17, 15) is 0 Å². The number of aromatic nitrogens is 2. The second-order valence-corrected chi connectivity index (χ2v) is 6.46. The van der Waals surface area contributed by atoms with Crippen LogP contribution in [0.1, 0.15) is 20.3 Å². The van der Waals surface area contributed by atoms with Crippen LogP contribution in [-0.4, -0.2) is 23.1 Å². The van der Waals surface area contributed by atoms with Crippen molar-refractivity contribution in [2.75, 3.05) is 18.0 Å². The number of hydrogen-bond acceptors (Lipinski definition) is 3. The average molecular weight is 320 g/mol. The minimum Gasteiger partial charge on any atom is -0.369 e. The van der Waals surface area contributed by atoms with E-state index in [0.717, 1.165) is 40.4 Å². The highest BCUT2D eigenvalue weighted by Crippen LogP contribution is 2.31. The molecule has 0 spiro atoms. The fourth-order valence-electron chi connectivity index (χ4n) is 2.73. The van der Waals surface area contributed by atoms with E-state index in [1.807, 2.05) is 18.5 Å². The SMILES string of the molecule is CC1CCN(c2ccnc3cc(Br)cnc23)CC1C. The highest BCUT2D eigenvalue weighted by molar-refractivity contribution is 9.10. The van der Waals surface area contributed by atoms with E-state index in [1.54, 1.807) is 0 Å². The fourth-order valence-corrected chi connectivity index (χ4v) is 3.05. The van der Waals surface area contributed by atoms with Gasteiger partial charge in [-0.2, -0.15) is 0 Å². The first-order chi connectivity index (χ1) is 9.15. The summed E-state index contributed by atoms with van der Waals surface area (Å²) < 4.78 is 0.977. The minimum absolute atomic E-state index is 0.729. The van der Waals surface area contributed by atoms with Crippen molar-refractivity contribution < 1.29 is 0 Å². The van der Waals surface area contributed by atoms with E-state index < -0.39 is 0 Å². The third-order valence-corrected chi connectivity index (χ3v) is 4.63. The van der Waals surface area contributed by atoms with Gasteiger partial charge in [0, 0.05) is 30.0 Å². The Kier molecular flexibility index (Phi) is 3.44. The lowest BCUT2D eigenvalue weighted by Gasteiger charge is -2.37. The molecule has 100 valence electrons. The van der Waals surface area contributed by atoms with Crippen LogP contribution in [0.4, 0.5) is 5.69 Å². The molecule has 0 N–H and O–H groups in total. The highest BCUT2D eigenvalue weighted by Gasteiger charge is 2.24. The molecule has 0 bridgehead atoms. The van der Waals surface area contributed by atoms with Crippen molar-refractivity contribution in [2.24, 2.45) is 11.8 Å². The zero-order valence-electron chi connectivity index (χ0n) is 11.3. The Morgan fingerprint density at radius 1 is 1.26 bits per heavy atom. The van der Waals surface area contributed by atoms with Gasteiger partial charge >= 0.3 is 0 Å². The molecular weight excluding hydrogens is 302 g/mol. The van der Waals surface area contributed by atoms with Crippen LogP contribution in [0, 0.1) is 11.8 Å². The van der Waals surface area contributed by atoms with Crippen molar-refractivity contribution in [3.63, 3.8) is 0 Å².